The molecule has 0 aliphatic carbocycles. The fourth-order valence-corrected chi connectivity index (χ4v) is 3.03. The van der Waals surface area contributed by atoms with Crippen molar-refractivity contribution in [3.8, 4) is 0 Å². The highest BCUT2D eigenvalue weighted by Gasteiger charge is 2.28. The van der Waals surface area contributed by atoms with Crippen LogP contribution in [0.15, 0.2) is 0 Å². The average molecular weight is 320 g/mol. The van der Waals surface area contributed by atoms with E-state index in [1.54, 1.807) is 23.6 Å². The van der Waals surface area contributed by atoms with Crippen molar-refractivity contribution in [2.24, 2.45) is 0 Å². The van der Waals surface area contributed by atoms with E-state index in [2.05, 4.69) is 10.3 Å². The summed E-state index contributed by atoms with van der Waals surface area (Å²) >= 11 is 0. The summed E-state index contributed by atoms with van der Waals surface area (Å²) in [5.41, 5.74) is 2.49. The van der Waals surface area contributed by atoms with Crippen molar-refractivity contribution in [3.63, 3.8) is 0 Å². The Balaban J connectivity index is 2.07. The van der Waals surface area contributed by atoms with Crippen LogP contribution < -0.4 is 5.32 Å². The number of nitrogens with one attached hydrogen (secondary N) is 2. The maximum atomic E-state index is 12.7. The third-order valence-corrected chi connectivity index (χ3v) is 4.19. The largest absolute Gasteiger partial charge is 0.354 e. The molecule has 1 aromatic rings. The maximum absolute atomic E-state index is 12.7. The van der Waals surface area contributed by atoms with E-state index in [4.69, 9.17) is 0 Å². The highest BCUT2D eigenvalue weighted by atomic mass is 16.2. The summed E-state index contributed by atoms with van der Waals surface area (Å²) < 4.78 is 0. The van der Waals surface area contributed by atoms with Crippen LogP contribution in [0.4, 0.5) is 4.79 Å². The Bertz CT molecular complexity index is 628. The van der Waals surface area contributed by atoms with Crippen molar-refractivity contribution < 1.29 is 14.4 Å². The molecule has 1 aromatic heterocycles. The monoisotopic (exact) mass is 320 g/mol. The van der Waals surface area contributed by atoms with Crippen molar-refractivity contribution in [2.75, 3.05) is 32.7 Å². The lowest BCUT2D eigenvalue weighted by Crippen LogP contribution is -2.53. The van der Waals surface area contributed by atoms with E-state index in [-0.39, 0.29) is 17.7 Å². The number of aromatic amines is 1. The molecular weight excluding hydrogens is 296 g/mol. The van der Waals surface area contributed by atoms with Gasteiger partial charge in [-0.25, -0.2) is 4.79 Å². The van der Waals surface area contributed by atoms with Gasteiger partial charge in [0, 0.05) is 44.0 Å². The number of piperazine rings is 1. The van der Waals surface area contributed by atoms with Gasteiger partial charge in [-0.2, -0.15) is 0 Å². The number of ketones is 1. The van der Waals surface area contributed by atoms with E-state index in [0.29, 0.717) is 49.5 Å². The van der Waals surface area contributed by atoms with Crippen LogP contribution in [0.3, 0.4) is 0 Å². The van der Waals surface area contributed by atoms with E-state index in [0.717, 1.165) is 5.69 Å². The summed E-state index contributed by atoms with van der Waals surface area (Å²) in [7, 11) is 0. The molecule has 0 bridgehead atoms. The predicted molar refractivity (Wildman–Crippen MR) is 86.8 cm³/mol. The number of H-pyrrole nitrogens is 1. The number of hydrogen-bond donors (Lipinski definition) is 2. The minimum absolute atomic E-state index is 0.0450. The molecule has 1 saturated heterocycles. The number of amides is 3. The molecule has 7 nitrogen and oxygen atoms in total. The zero-order valence-corrected chi connectivity index (χ0v) is 14.2. The highest BCUT2D eigenvalue weighted by molar-refractivity contribution is 6.02. The number of aromatic nitrogens is 1. The highest BCUT2D eigenvalue weighted by Crippen LogP contribution is 2.20. The van der Waals surface area contributed by atoms with Gasteiger partial charge in [-0.3, -0.25) is 9.59 Å². The van der Waals surface area contributed by atoms with Gasteiger partial charge in [0.1, 0.15) is 5.69 Å². The fraction of sp³-hybridized carbons (Fsp3) is 0.562. The van der Waals surface area contributed by atoms with Crippen LogP contribution in [0.1, 0.15) is 46.0 Å². The first-order valence-corrected chi connectivity index (χ1v) is 7.89. The van der Waals surface area contributed by atoms with Gasteiger partial charge in [0.05, 0.1) is 0 Å². The Morgan fingerprint density at radius 1 is 1.09 bits per heavy atom. The molecule has 3 amide bonds. The lowest BCUT2D eigenvalue weighted by Gasteiger charge is -2.34. The third-order valence-electron chi connectivity index (χ3n) is 4.19. The van der Waals surface area contributed by atoms with E-state index in [1.807, 2.05) is 6.92 Å². The molecule has 0 atom stereocenters. The summed E-state index contributed by atoms with van der Waals surface area (Å²) in [4.78, 5) is 42.6. The van der Waals surface area contributed by atoms with E-state index >= 15 is 0 Å². The number of aryl methyl sites for hydroxylation is 1. The number of nitrogens with zero attached hydrogens (tertiary/aromatic N) is 2. The van der Waals surface area contributed by atoms with Crippen LogP contribution in [0.25, 0.3) is 0 Å². The molecule has 0 radical (unpaired) electrons. The topological polar surface area (TPSA) is 85.5 Å². The van der Waals surface area contributed by atoms with Gasteiger partial charge in [0.25, 0.3) is 5.91 Å². The Labute approximate surface area is 136 Å². The van der Waals surface area contributed by atoms with Crippen molar-refractivity contribution >= 4 is 17.7 Å². The second-order valence-corrected chi connectivity index (χ2v) is 5.80. The molecule has 1 aliphatic rings. The second-order valence-electron chi connectivity index (χ2n) is 5.80. The van der Waals surface area contributed by atoms with Gasteiger partial charge in [0.2, 0.25) is 0 Å². The molecule has 0 saturated carbocycles. The molecule has 1 fully saturated rings. The van der Waals surface area contributed by atoms with Gasteiger partial charge in [-0.1, -0.05) is 0 Å². The molecule has 0 aromatic carbocycles. The zero-order valence-electron chi connectivity index (χ0n) is 14.2. The molecule has 1 aliphatic heterocycles. The fourth-order valence-electron chi connectivity index (χ4n) is 3.03. The van der Waals surface area contributed by atoms with Crippen molar-refractivity contribution in [3.05, 3.63) is 22.5 Å². The van der Waals surface area contributed by atoms with E-state index in [9.17, 15) is 14.4 Å². The molecule has 0 spiro atoms. The first-order chi connectivity index (χ1) is 10.9. The number of Topliss-reactive ketones (excluding diaryl/α,β-unsaturated/α-hetero) is 1. The summed E-state index contributed by atoms with van der Waals surface area (Å²) in [6, 6.07) is -0.0923. The zero-order chi connectivity index (χ0) is 17.1. The van der Waals surface area contributed by atoms with Crippen LogP contribution in [-0.4, -0.2) is 65.2 Å². The molecule has 2 heterocycles. The van der Waals surface area contributed by atoms with E-state index < -0.39 is 0 Å². The predicted octanol–water partition coefficient (Wildman–Crippen LogP) is 1.32. The molecular formula is C16H24N4O3. The summed E-state index contributed by atoms with van der Waals surface area (Å²) in [5, 5.41) is 2.76. The van der Waals surface area contributed by atoms with Gasteiger partial charge >= 0.3 is 6.03 Å². The smallest absolute Gasteiger partial charge is 0.317 e. The van der Waals surface area contributed by atoms with Crippen LogP contribution in [-0.2, 0) is 0 Å². The standard InChI is InChI=1S/C16H24N4O3/c1-5-17-16(23)20-8-6-19(7-9-20)15(22)14-10(2)13(12(4)21)11(3)18-14/h18H,5-9H2,1-4H3,(H,17,23). The Kier molecular flexibility index (Phi) is 5.08. The number of urea groups is 1. The van der Waals surface area contributed by atoms with Crippen molar-refractivity contribution in [2.45, 2.75) is 27.7 Å². The minimum atomic E-state index is -0.117. The summed E-state index contributed by atoms with van der Waals surface area (Å²) in [5.74, 6) is -0.162. The van der Waals surface area contributed by atoms with Crippen molar-refractivity contribution in [1.82, 2.24) is 20.1 Å². The van der Waals surface area contributed by atoms with Gasteiger partial charge in [-0.05, 0) is 33.3 Å². The Hall–Kier alpha value is -2.31. The molecule has 0 unspecified atom stereocenters. The third kappa shape index (κ3) is 3.38. The molecule has 7 heteroatoms. The lowest BCUT2D eigenvalue weighted by molar-refractivity contribution is 0.0659. The second kappa shape index (κ2) is 6.85. The SMILES string of the molecule is CCNC(=O)N1CCN(C(=O)c2[nH]c(C)c(C(C)=O)c2C)CC1. The molecule has 126 valence electrons. The van der Waals surface area contributed by atoms with Gasteiger partial charge < -0.3 is 20.1 Å². The number of carbonyl (C=O) groups excluding carboxylic acids is 3. The van der Waals surface area contributed by atoms with Gasteiger partial charge in [-0.15, -0.1) is 0 Å². The van der Waals surface area contributed by atoms with Crippen LogP contribution in [0.5, 0.6) is 0 Å². The molecule has 2 N–H and O–H groups in total. The number of rotatable bonds is 3. The first kappa shape index (κ1) is 17.1. The number of hydrogen-bond acceptors (Lipinski definition) is 3. The van der Waals surface area contributed by atoms with Crippen LogP contribution >= 0.6 is 0 Å². The summed E-state index contributed by atoms with van der Waals surface area (Å²) in [6.45, 7) is 9.55. The maximum Gasteiger partial charge on any atom is 0.317 e. The quantitative estimate of drug-likeness (QED) is 0.824. The van der Waals surface area contributed by atoms with Crippen LogP contribution in [0, 0.1) is 13.8 Å². The van der Waals surface area contributed by atoms with Gasteiger partial charge in [0.15, 0.2) is 5.78 Å². The van der Waals surface area contributed by atoms with Crippen LogP contribution in [0.2, 0.25) is 0 Å². The average Bonchev–Trinajstić information content (AvgIpc) is 2.81. The first-order valence-electron chi connectivity index (χ1n) is 7.89. The van der Waals surface area contributed by atoms with Crippen molar-refractivity contribution in [1.29, 1.82) is 0 Å². The normalized spacial score (nSPS) is 14.8. The summed E-state index contributed by atoms with van der Waals surface area (Å²) in [6.07, 6.45) is 0. The lowest BCUT2D eigenvalue weighted by atomic mass is 10.1. The molecule has 2 rings (SSSR count). The Morgan fingerprint density at radius 3 is 2.13 bits per heavy atom. The minimum Gasteiger partial charge on any atom is -0.354 e. The Morgan fingerprint density at radius 2 is 1.65 bits per heavy atom. The molecule has 23 heavy (non-hydrogen) atoms. The van der Waals surface area contributed by atoms with E-state index in [1.165, 1.54) is 6.92 Å². The number of carbonyl (C=O) groups is 3.